The molecule has 31 heavy (non-hydrogen) atoms. The van der Waals surface area contributed by atoms with Gasteiger partial charge in [0, 0.05) is 28.6 Å². The van der Waals surface area contributed by atoms with Crippen molar-refractivity contribution in [1.82, 2.24) is 14.7 Å². The van der Waals surface area contributed by atoms with E-state index in [0.717, 1.165) is 16.5 Å². The van der Waals surface area contributed by atoms with E-state index >= 15 is 0 Å². The van der Waals surface area contributed by atoms with Gasteiger partial charge in [-0.25, -0.2) is 0 Å². The average Bonchev–Trinajstić information content (AvgIpc) is 3.30. The Morgan fingerprint density at radius 2 is 1.74 bits per heavy atom. The predicted molar refractivity (Wildman–Crippen MR) is 120 cm³/mol. The van der Waals surface area contributed by atoms with Crippen molar-refractivity contribution in [3.05, 3.63) is 94.9 Å². The van der Waals surface area contributed by atoms with Crippen LogP contribution in [0.2, 0.25) is 0 Å². The Kier molecular flexibility index (Phi) is 4.59. The number of aryl methyl sites for hydroxylation is 1. The monoisotopic (exact) mass is 409 g/mol. The van der Waals surface area contributed by atoms with Gasteiger partial charge in [0.1, 0.15) is 5.75 Å². The maximum atomic E-state index is 13.2. The summed E-state index contributed by atoms with van der Waals surface area (Å²) in [6.45, 7) is 2.02. The van der Waals surface area contributed by atoms with Crippen LogP contribution in [0.1, 0.15) is 5.56 Å². The van der Waals surface area contributed by atoms with Gasteiger partial charge in [-0.1, -0.05) is 53.2 Å². The molecule has 0 saturated heterocycles. The minimum absolute atomic E-state index is 0.133. The van der Waals surface area contributed by atoms with Crippen molar-refractivity contribution in [2.45, 2.75) is 6.92 Å². The molecule has 0 bridgehead atoms. The highest BCUT2D eigenvalue weighted by atomic mass is 16.5. The first kappa shape index (κ1) is 18.8. The normalized spacial score (nSPS) is 11.0. The fourth-order valence-corrected chi connectivity index (χ4v) is 3.65. The van der Waals surface area contributed by atoms with Gasteiger partial charge in [0.15, 0.2) is 0 Å². The number of methoxy groups -OCH3 is 1. The van der Waals surface area contributed by atoms with E-state index in [9.17, 15) is 4.79 Å². The minimum atomic E-state index is -0.133. The van der Waals surface area contributed by atoms with Gasteiger partial charge in [-0.3, -0.25) is 9.36 Å². The first-order valence-electron chi connectivity index (χ1n) is 9.84. The number of hydrogen-bond acceptors (Lipinski definition) is 5. The lowest BCUT2D eigenvalue weighted by Crippen LogP contribution is -2.18. The second kappa shape index (κ2) is 7.57. The van der Waals surface area contributed by atoms with Gasteiger partial charge >= 0.3 is 0 Å². The molecule has 0 unspecified atom stereocenters. The number of rotatable bonds is 4. The van der Waals surface area contributed by atoms with Gasteiger partial charge in [-0.2, -0.15) is 4.98 Å². The average molecular weight is 409 g/mol. The molecule has 5 rings (SSSR count). The predicted octanol–water partition coefficient (Wildman–Crippen LogP) is 5.02. The van der Waals surface area contributed by atoms with Gasteiger partial charge < -0.3 is 9.26 Å². The maximum Gasteiger partial charge on any atom is 0.262 e. The van der Waals surface area contributed by atoms with Crippen molar-refractivity contribution in [2.24, 2.45) is 0 Å². The van der Waals surface area contributed by atoms with Gasteiger partial charge in [0.05, 0.1) is 18.4 Å². The van der Waals surface area contributed by atoms with Crippen LogP contribution >= 0.6 is 0 Å². The molecular weight excluding hydrogens is 390 g/mol. The summed E-state index contributed by atoms with van der Waals surface area (Å²) in [6.07, 6.45) is 1.74. The van der Waals surface area contributed by atoms with Gasteiger partial charge in [-0.05, 0) is 31.2 Å². The number of nitrogens with zero attached hydrogens (tertiary/aromatic N) is 3. The lowest BCUT2D eigenvalue weighted by Gasteiger charge is -2.11. The molecule has 6 nitrogen and oxygen atoms in total. The Balaban J connectivity index is 1.72. The Labute approximate surface area is 178 Å². The van der Waals surface area contributed by atoms with Gasteiger partial charge in [0.25, 0.3) is 11.4 Å². The standard InChI is InChI=1S/C25H19N3O3/c1-16-7-5-8-17(13-16)23-26-24(31-27-23)22-15-28(18-9-6-10-19(14-18)30-2)25(29)21-12-4-3-11-20(21)22/h3-15H,1-2H3. The molecule has 0 aliphatic carbocycles. The zero-order valence-electron chi connectivity index (χ0n) is 17.1. The summed E-state index contributed by atoms with van der Waals surface area (Å²) in [5.74, 6) is 1.52. The smallest absolute Gasteiger partial charge is 0.262 e. The summed E-state index contributed by atoms with van der Waals surface area (Å²) in [6, 6.07) is 22.7. The highest BCUT2D eigenvalue weighted by molar-refractivity contribution is 5.94. The summed E-state index contributed by atoms with van der Waals surface area (Å²) < 4.78 is 12.5. The quantitative estimate of drug-likeness (QED) is 0.417. The molecule has 3 aromatic carbocycles. The number of ether oxygens (including phenoxy) is 1. The molecule has 0 aliphatic heterocycles. The Bertz CT molecular complexity index is 1470. The molecule has 152 valence electrons. The number of hydrogen-bond donors (Lipinski definition) is 0. The lowest BCUT2D eigenvalue weighted by atomic mass is 10.1. The zero-order valence-corrected chi connectivity index (χ0v) is 17.1. The third-order valence-corrected chi connectivity index (χ3v) is 5.19. The molecule has 0 radical (unpaired) electrons. The van der Waals surface area contributed by atoms with Crippen LogP contribution in [-0.4, -0.2) is 21.8 Å². The van der Waals surface area contributed by atoms with Crippen LogP contribution in [0, 0.1) is 6.92 Å². The summed E-state index contributed by atoms with van der Waals surface area (Å²) >= 11 is 0. The van der Waals surface area contributed by atoms with Crippen LogP contribution in [0.3, 0.4) is 0 Å². The molecule has 0 N–H and O–H groups in total. The zero-order chi connectivity index (χ0) is 21.4. The molecule has 2 heterocycles. The number of benzene rings is 3. The van der Waals surface area contributed by atoms with Crippen molar-refractivity contribution >= 4 is 10.8 Å². The molecule has 2 aromatic heterocycles. The Morgan fingerprint density at radius 3 is 2.55 bits per heavy atom. The molecule has 0 saturated carbocycles. The fraction of sp³-hybridized carbons (Fsp3) is 0.0800. The van der Waals surface area contributed by atoms with Crippen molar-refractivity contribution in [3.63, 3.8) is 0 Å². The van der Waals surface area contributed by atoms with E-state index in [1.165, 1.54) is 0 Å². The van der Waals surface area contributed by atoms with Gasteiger partial charge in [-0.15, -0.1) is 0 Å². The highest BCUT2D eigenvalue weighted by Gasteiger charge is 2.17. The molecule has 0 fully saturated rings. The largest absolute Gasteiger partial charge is 0.497 e. The van der Waals surface area contributed by atoms with E-state index in [4.69, 9.17) is 9.26 Å². The minimum Gasteiger partial charge on any atom is -0.497 e. The van der Waals surface area contributed by atoms with Crippen LogP contribution in [0.25, 0.3) is 39.3 Å². The SMILES string of the molecule is COc1cccc(-n2cc(-c3nc(-c4cccc(C)c4)no3)c3ccccc3c2=O)c1. The molecule has 0 amide bonds. The van der Waals surface area contributed by atoms with Crippen molar-refractivity contribution in [1.29, 1.82) is 0 Å². The van der Waals surface area contributed by atoms with E-state index < -0.39 is 0 Å². The van der Waals surface area contributed by atoms with E-state index in [1.54, 1.807) is 23.9 Å². The Morgan fingerprint density at radius 1 is 0.935 bits per heavy atom. The Hall–Kier alpha value is -4.19. The van der Waals surface area contributed by atoms with Crippen molar-refractivity contribution in [2.75, 3.05) is 7.11 Å². The maximum absolute atomic E-state index is 13.2. The molecule has 6 heteroatoms. The number of aromatic nitrogens is 3. The van der Waals surface area contributed by atoms with E-state index in [-0.39, 0.29) is 5.56 Å². The van der Waals surface area contributed by atoms with Crippen LogP contribution < -0.4 is 10.3 Å². The van der Waals surface area contributed by atoms with E-state index in [2.05, 4.69) is 10.1 Å². The molecule has 0 aliphatic rings. The van der Waals surface area contributed by atoms with Crippen LogP contribution in [-0.2, 0) is 0 Å². The lowest BCUT2D eigenvalue weighted by molar-refractivity contribution is 0.414. The third-order valence-electron chi connectivity index (χ3n) is 5.19. The molecule has 5 aromatic rings. The summed E-state index contributed by atoms with van der Waals surface area (Å²) in [5, 5.41) is 5.49. The summed E-state index contributed by atoms with van der Waals surface area (Å²) in [4.78, 5) is 17.9. The van der Waals surface area contributed by atoms with Crippen molar-refractivity contribution in [3.8, 4) is 34.3 Å². The van der Waals surface area contributed by atoms with E-state index in [0.29, 0.717) is 34.1 Å². The molecule has 0 spiro atoms. The van der Waals surface area contributed by atoms with Crippen LogP contribution in [0.15, 0.2) is 88.3 Å². The summed E-state index contributed by atoms with van der Waals surface area (Å²) in [5.41, 5.74) is 3.23. The highest BCUT2D eigenvalue weighted by Crippen LogP contribution is 2.29. The van der Waals surface area contributed by atoms with E-state index in [1.807, 2.05) is 73.7 Å². The number of pyridine rings is 1. The fourth-order valence-electron chi connectivity index (χ4n) is 3.65. The van der Waals surface area contributed by atoms with Crippen LogP contribution in [0.5, 0.6) is 5.75 Å². The molecular formula is C25H19N3O3. The third kappa shape index (κ3) is 3.38. The first-order valence-corrected chi connectivity index (χ1v) is 9.84. The second-order valence-electron chi connectivity index (χ2n) is 7.26. The summed E-state index contributed by atoms with van der Waals surface area (Å²) in [7, 11) is 1.60. The second-order valence-corrected chi connectivity index (χ2v) is 7.26. The van der Waals surface area contributed by atoms with Crippen LogP contribution in [0.4, 0.5) is 0 Å². The number of fused-ring (bicyclic) bond motifs is 1. The van der Waals surface area contributed by atoms with Crippen molar-refractivity contribution < 1.29 is 9.26 Å². The topological polar surface area (TPSA) is 70.2 Å². The molecule has 0 atom stereocenters. The van der Waals surface area contributed by atoms with Gasteiger partial charge in [0.2, 0.25) is 5.82 Å². The first-order chi connectivity index (χ1) is 15.1.